The maximum absolute atomic E-state index is 10.9. The van der Waals surface area contributed by atoms with E-state index in [1.807, 2.05) is 0 Å². The van der Waals surface area contributed by atoms with Gasteiger partial charge in [-0.1, -0.05) is 28.8 Å². The summed E-state index contributed by atoms with van der Waals surface area (Å²) < 4.78 is 5.32. The third-order valence-electron chi connectivity index (χ3n) is 3.77. The van der Waals surface area contributed by atoms with Gasteiger partial charge in [-0.2, -0.15) is 0 Å². The van der Waals surface area contributed by atoms with Crippen molar-refractivity contribution < 1.29 is 9.66 Å². The highest BCUT2D eigenvalue weighted by Crippen LogP contribution is 2.35. The third kappa shape index (κ3) is 3.47. The lowest BCUT2D eigenvalue weighted by atomic mass is 9.84. The third-order valence-corrected chi connectivity index (χ3v) is 4.98. The second kappa shape index (κ2) is 6.37. The first-order valence-electron chi connectivity index (χ1n) is 6.57. The zero-order valence-corrected chi connectivity index (χ0v) is 12.6. The summed E-state index contributed by atoms with van der Waals surface area (Å²) in [5, 5.41) is 10.9. The summed E-state index contributed by atoms with van der Waals surface area (Å²) in [7, 11) is 1.61. The molecule has 0 saturated heterocycles. The zero-order chi connectivity index (χ0) is 13.8. The lowest BCUT2D eigenvalue weighted by Gasteiger charge is -2.27. The smallest absolute Gasteiger partial charge is 0.269 e. The fourth-order valence-electron chi connectivity index (χ4n) is 2.71. The van der Waals surface area contributed by atoms with E-state index in [0.29, 0.717) is 10.7 Å². The minimum absolute atomic E-state index is 0.137. The molecule has 104 valence electrons. The zero-order valence-electron chi connectivity index (χ0n) is 11.0. The molecular formula is C14H18BrNO3. The maximum Gasteiger partial charge on any atom is 0.269 e. The molecule has 4 nitrogen and oxygen atoms in total. The highest BCUT2D eigenvalue weighted by molar-refractivity contribution is 9.09. The number of ether oxygens (including phenoxy) is 1. The van der Waals surface area contributed by atoms with Crippen molar-refractivity contribution in [2.75, 3.05) is 7.11 Å². The first-order chi connectivity index (χ1) is 9.11. The molecule has 2 unspecified atom stereocenters. The highest BCUT2D eigenvalue weighted by atomic mass is 79.9. The molecule has 1 saturated carbocycles. The van der Waals surface area contributed by atoms with Crippen LogP contribution < -0.4 is 4.74 Å². The van der Waals surface area contributed by atoms with E-state index in [1.54, 1.807) is 19.2 Å². The number of hydrogen-bond acceptors (Lipinski definition) is 3. The van der Waals surface area contributed by atoms with Gasteiger partial charge in [-0.25, -0.2) is 0 Å². The Morgan fingerprint density at radius 1 is 1.42 bits per heavy atom. The molecule has 0 N–H and O–H groups in total. The van der Waals surface area contributed by atoms with Crippen LogP contribution in [0.3, 0.4) is 0 Å². The van der Waals surface area contributed by atoms with Crippen LogP contribution in [0.25, 0.3) is 0 Å². The van der Waals surface area contributed by atoms with Crippen LogP contribution in [0.15, 0.2) is 18.2 Å². The minimum atomic E-state index is -0.352. The van der Waals surface area contributed by atoms with Crippen LogP contribution in [0.4, 0.5) is 5.69 Å². The van der Waals surface area contributed by atoms with Gasteiger partial charge in [-0.3, -0.25) is 10.1 Å². The summed E-state index contributed by atoms with van der Waals surface area (Å²) in [6.07, 6.45) is 5.69. The Morgan fingerprint density at radius 2 is 2.16 bits per heavy atom. The largest absolute Gasteiger partial charge is 0.496 e. The van der Waals surface area contributed by atoms with Crippen LogP contribution in [0, 0.1) is 16.0 Å². The maximum atomic E-state index is 10.9. The lowest BCUT2D eigenvalue weighted by molar-refractivity contribution is -0.384. The predicted molar refractivity (Wildman–Crippen MR) is 78.0 cm³/mol. The van der Waals surface area contributed by atoms with Gasteiger partial charge in [-0.05, 0) is 31.2 Å². The monoisotopic (exact) mass is 327 g/mol. The van der Waals surface area contributed by atoms with Crippen molar-refractivity contribution >= 4 is 21.6 Å². The summed E-state index contributed by atoms with van der Waals surface area (Å²) in [6, 6.07) is 4.83. The van der Waals surface area contributed by atoms with Gasteiger partial charge < -0.3 is 4.74 Å². The topological polar surface area (TPSA) is 52.4 Å². The molecule has 2 atom stereocenters. The van der Waals surface area contributed by atoms with Crippen LogP contribution >= 0.6 is 15.9 Å². The SMILES string of the molecule is COc1ccc([N+](=O)[O-])cc1CC1CCCCC1Br. The second-order valence-corrected chi connectivity index (χ2v) is 6.19. The summed E-state index contributed by atoms with van der Waals surface area (Å²) in [5.74, 6) is 1.28. The minimum Gasteiger partial charge on any atom is -0.496 e. The predicted octanol–water partition coefficient (Wildman–Crippen LogP) is 4.10. The van der Waals surface area contributed by atoms with Crippen LogP contribution in [0.5, 0.6) is 5.75 Å². The molecular weight excluding hydrogens is 310 g/mol. The molecule has 1 fully saturated rings. The van der Waals surface area contributed by atoms with Gasteiger partial charge in [0.2, 0.25) is 0 Å². The van der Waals surface area contributed by atoms with Crippen molar-refractivity contribution in [2.45, 2.75) is 36.9 Å². The van der Waals surface area contributed by atoms with Crippen molar-refractivity contribution in [1.29, 1.82) is 0 Å². The van der Waals surface area contributed by atoms with Gasteiger partial charge >= 0.3 is 0 Å². The van der Waals surface area contributed by atoms with Crippen LogP contribution in [0.1, 0.15) is 31.2 Å². The number of hydrogen-bond donors (Lipinski definition) is 0. The van der Waals surface area contributed by atoms with Crippen LogP contribution in [0.2, 0.25) is 0 Å². The van der Waals surface area contributed by atoms with E-state index in [1.165, 1.54) is 31.7 Å². The average molecular weight is 328 g/mol. The van der Waals surface area contributed by atoms with Gasteiger partial charge in [0.25, 0.3) is 5.69 Å². The van der Waals surface area contributed by atoms with E-state index in [4.69, 9.17) is 4.74 Å². The van der Waals surface area contributed by atoms with Gasteiger partial charge in [0.15, 0.2) is 0 Å². The first-order valence-corrected chi connectivity index (χ1v) is 7.48. The van der Waals surface area contributed by atoms with E-state index >= 15 is 0 Å². The second-order valence-electron chi connectivity index (χ2n) is 5.02. The number of alkyl halides is 1. The molecule has 19 heavy (non-hydrogen) atoms. The summed E-state index contributed by atoms with van der Waals surface area (Å²) in [6.45, 7) is 0. The van der Waals surface area contributed by atoms with Crippen molar-refractivity contribution in [3.63, 3.8) is 0 Å². The summed E-state index contributed by atoms with van der Waals surface area (Å²) >= 11 is 3.73. The molecule has 0 heterocycles. The average Bonchev–Trinajstić information content (AvgIpc) is 2.41. The quantitative estimate of drug-likeness (QED) is 0.475. The number of rotatable bonds is 4. The Bertz CT molecular complexity index is 464. The van der Waals surface area contributed by atoms with Gasteiger partial charge in [0.05, 0.1) is 12.0 Å². The fourth-order valence-corrected chi connectivity index (χ4v) is 3.49. The molecule has 0 aromatic heterocycles. The molecule has 1 aromatic carbocycles. The molecule has 1 aliphatic rings. The lowest BCUT2D eigenvalue weighted by Crippen LogP contribution is -2.21. The molecule has 0 bridgehead atoms. The number of methoxy groups -OCH3 is 1. The van der Waals surface area contributed by atoms with Crippen molar-refractivity contribution in [1.82, 2.24) is 0 Å². The normalized spacial score (nSPS) is 23.1. The molecule has 0 spiro atoms. The molecule has 1 aliphatic carbocycles. The Kier molecular flexibility index (Phi) is 4.80. The number of nitro benzene ring substituents is 1. The van der Waals surface area contributed by atoms with Crippen LogP contribution in [-0.2, 0) is 6.42 Å². The Balaban J connectivity index is 2.21. The van der Waals surface area contributed by atoms with E-state index in [2.05, 4.69) is 15.9 Å². The molecule has 5 heteroatoms. The molecule has 0 amide bonds. The van der Waals surface area contributed by atoms with E-state index in [0.717, 1.165) is 17.7 Å². The van der Waals surface area contributed by atoms with Crippen molar-refractivity contribution in [2.24, 2.45) is 5.92 Å². The molecule has 0 aliphatic heterocycles. The molecule has 2 rings (SSSR count). The van der Waals surface area contributed by atoms with E-state index in [-0.39, 0.29) is 10.6 Å². The Labute approximate surface area is 121 Å². The number of nitro groups is 1. The number of halogens is 1. The van der Waals surface area contributed by atoms with Crippen molar-refractivity contribution in [3.05, 3.63) is 33.9 Å². The fraction of sp³-hybridized carbons (Fsp3) is 0.571. The highest BCUT2D eigenvalue weighted by Gasteiger charge is 2.24. The van der Waals surface area contributed by atoms with E-state index < -0.39 is 0 Å². The Morgan fingerprint density at radius 3 is 2.79 bits per heavy atom. The van der Waals surface area contributed by atoms with Gasteiger partial charge in [0.1, 0.15) is 5.75 Å². The van der Waals surface area contributed by atoms with Gasteiger partial charge in [0, 0.05) is 22.5 Å². The number of benzene rings is 1. The first kappa shape index (κ1) is 14.3. The van der Waals surface area contributed by atoms with Crippen molar-refractivity contribution in [3.8, 4) is 5.75 Å². The summed E-state index contributed by atoms with van der Waals surface area (Å²) in [4.78, 5) is 11.0. The van der Waals surface area contributed by atoms with Gasteiger partial charge in [-0.15, -0.1) is 0 Å². The number of non-ortho nitro benzene ring substituents is 1. The molecule has 1 aromatic rings. The molecule has 0 radical (unpaired) electrons. The number of nitrogens with zero attached hydrogens (tertiary/aromatic N) is 1. The standard InChI is InChI=1S/C14H18BrNO3/c1-19-14-7-6-12(16(17)18)9-11(14)8-10-4-2-3-5-13(10)15/h6-7,9-10,13H,2-5,8H2,1H3. The summed E-state index contributed by atoms with van der Waals surface area (Å²) in [5.41, 5.74) is 1.07. The Hall–Kier alpha value is -1.10. The van der Waals surface area contributed by atoms with Crippen LogP contribution in [-0.4, -0.2) is 16.9 Å². The van der Waals surface area contributed by atoms with E-state index in [9.17, 15) is 10.1 Å².